The van der Waals surface area contributed by atoms with E-state index < -0.39 is 18.4 Å². The number of nitrogens with zero attached hydrogens (tertiary/aromatic N) is 2. The van der Waals surface area contributed by atoms with Crippen LogP contribution in [-0.4, -0.2) is 27.8 Å². The second kappa shape index (κ2) is 5.91. The molecule has 0 radical (unpaired) electrons. The van der Waals surface area contributed by atoms with E-state index in [0.717, 1.165) is 0 Å². The van der Waals surface area contributed by atoms with Gasteiger partial charge in [0.2, 0.25) is 0 Å². The predicted molar refractivity (Wildman–Crippen MR) is 82.9 cm³/mol. The van der Waals surface area contributed by atoms with Gasteiger partial charge in [-0.15, -0.1) is 0 Å². The third-order valence-electron chi connectivity index (χ3n) is 3.49. The van der Waals surface area contributed by atoms with Crippen LogP contribution in [0.3, 0.4) is 0 Å². The van der Waals surface area contributed by atoms with Gasteiger partial charge in [-0.2, -0.15) is 13.2 Å². The lowest BCUT2D eigenvalue weighted by atomic mass is 9.99. The van der Waals surface area contributed by atoms with Crippen molar-refractivity contribution in [3.05, 3.63) is 52.3 Å². The van der Waals surface area contributed by atoms with Crippen molar-refractivity contribution in [1.29, 1.82) is 0 Å². The van der Waals surface area contributed by atoms with Crippen LogP contribution in [0.15, 0.2) is 41.7 Å². The molecule has 0 aliphatic carbocycles. The van der Waals surface area contributed by atoms with Gasteiger partial charge in [0.05, 0.1) is 17.2 Å². The average molecular weight is 377 g/mol. The van der Waals surface area contributed by atoms with E-state index in [9.17, 15) is 18.3 Å². The van der Waals surface area contributed by atoms with Crippen LogP contribution < -0.4 is 0 Å². The summed E-state index contributed by atoms with van der Waals surface area (Å²) in [5.41, 5.74) is 1.66. The summed E-state index contributed by atoms with van der Waals surface area (Å²) < 4.78 is 38.2. The van der Waals surface area contributed by atoms with Gasteiger partial charge in [0, 0.05) is 11.8 Å². The van der Waals surface area contributed by atoms with Crippen LogP contribution in [0.1, 0.15) is 12.0 Å². The Bertz CT molecular complexity index is 809. The first kappa shape index (κ1) is 17.0. The monoisotopic (exact) mass is 376 g/mol. The summed E-state index contributed by atoms with van der Waals surface area (Å²) in [6.45, 7) is 0. The number of benzene rings is 1. The van der Waals surface area contributed by atoms with Gasteiger partial charge in [0.25, 0.3) is 0 Å². The molecule has 0 amide bonds. The number of aliphatic hydroxyl groups is 1. The van der Waals surface area contributed by atoms with Gasteiger partial charge in [0.1, 0.15) is 5.15 Å². The molecule has 0 saturated carbocycles. The Morgan fingerprint density at radius 3 is 2.33 bits per heavy atom. The number of oxime groups is 1. The Kier molecular flexibility index (Phi) is 4.19. The Morgan fingerprint density at radius 2 is 1.75 bits per heavy atom. The lowest BCUT2D eigenvalue weighted by molar-refractivity contribution is -0.355. The van der Waals surface area contributed by atoms with Crippen molar-refractivity contribution in [3.8, 4) is 11.1 Å². The van der Waals surface area contributed by atoms with Crippen LogP contribution in [-0.2, 0) is 4.84 Å². The Labute approximate surface area is 144 Å². The molecule has 1 aromatic carbocycles. The predicted octanol–water partition coefficient (Wildman–Crippen LogP) is 4.43. The maximum Gasteiger partial charge on any atom is 0.458 e. The molecule has 1 aromatic heterocycles. The Hall–Kier alpha value is -1.83. The minimum atomic E-state index is -4.93. The molecule has 1 atom stereocenters. The van der Waals surface area contributed by atoms with Crippen molar-refractivity contribution in [3.63, 3.8) is 0 Å². The molecule has 0 spiro atoms. The minimum Gasteiger partial charge on any atom is -0.350 e. The van der Waals surface area contributed by atoms with E-state index in [2.05, 4.69) is 15.0 Å². The van der Waals surface area contributed by atoms with Gasteiger partial charge in [-0.1, -0.05) is 52.6 Å². The summed E-state index contributed by atoms with van der Waals surface area (Å²) in [5, 5.41) is 13.5. The fourth-order valence-corrected chi connectivity index (χ4v) is 2.57. The topological polar surface area (TPSA) is 54.7 Å². The zero-order valence-corrected chi connectivity index (χ0v) is 13.3. The number of halogens is 5. The summed E-state index contributed by atoms with van der Waals surface area (Å²) in [5.74, 6) is -3.29. The van der Waals surface area contributed by atoms with Gasteiger partial charge in [-0.3, -0.25) is 0 Å². The largest absolute Gasteiger partial charge is 0.458 e. The molecule has 3 rings (SSSR count). The smallest absolute Gasteiger partial charge is 0.350 e. The van der Waals surface area contributed by atoms with Crippen LogP contribution in [0.4, 0.5) is 13.2 Å². The molecular formula is C15H9Cl2F3N2O2. The summed E-state index contributed by atoms with van der Waals surface area (Å²) >= 11 is 11.9. The quantitative estimate of drug-likeness (QED) is 0.788. The van der Waals surface area contributed by atoms with E-state index in [1.807, 2.05) is 0 Å². The highest BCUT2D eigenvalue weighted by Crippen LogP contribution is 2.39. The second-order valence-electron chi connectivity index (χ2n) is 5.16. The first-order valence-electron chi connectivity index (χ1n) is 6.66. The number of aromatic nitrogens is 1. The summed E-state index contributed by atoms with van der Waals surface area (Å²) in [6, 6.07) is 8.02. The molecule has 4 nitrogen and oxygen atoms in total. The van der Waals surface area contributed by atoms with Crippen LogP contribution >= 0.6 is 23.2 Å². The highest BCUT2D eigenvalue weighted by Gasteiger charge is 2.60. The maximum atomic E-state index is 12.7. The number of pyridine rings is 1. The Morgan fingerprint density at radius 1 is 1.12 bits per heavy atom. The molecule has 126 valence electrons. The van der Waals surface area contributed by atoms with E-state index in [4.69, 9.17) is 23.2 Å². The normalized spacial score (nSPS) is 20.7. The summed E-state index contributed by atoms with van der Waals surface area (Å²) in [4.78, 5) is 8.12. The zero-order valence-electron chi connectivity index (χ0n) is 11.8. The van der Waals surface area contributed by atoms with Gasteiger partial charge in [-0.25, -0.2) is 4.98 Å². The maximum absolute atomic E-state index is 12.7. The van der Waals surface area contributed by atoms with Crippen molar-refractivity contribution in [2.45, 2.75) is 18.4 Å². The summed E-state index contributed by atoms with van der Waals surface area (Å²) in [7, 11) is 0. The standard InChI is InChI=1S/C15H9Cl2F3N2O2/c16-10-5-11(13(17)21-7-10)8-1-3-9(4-2-8)12-6-14(23,24-22-12)15(18,19)20/h1-5,7,23H,6H2. The first-order chi connectivity index (χ1) is 11.2. The molecule has 9 heteroatoms. The number of hydrogen-bond acceptors (Lipinski definition) is 4. The van der Waals surface area contributed by atoms with E-state index in [0.29, 0.717) is 21.7 Å². The molecule has 0 fully saturated rings. The van der Waals surface area contributed by atoms with Crippen LogP contribution in [0.25, 0.3) is 11.1 Å². The zero-order chi connectivity index (χ0) is 17.5. The van der Waals surface area contributed by atoms with E-state index in [1.54, 1.807) is 30.3 Å². The molecule has 0 bridgehead atoms. The molecule has 24 heavy (non-hydrogen) atoms. The third kappa shape index (κ3) is 3.07. The molecule has 2 aromatic rings. The molecule has 1 aliphatic heterocycles. The number of rotatable bonds is 2. The van der Waals surface area contributed by atoms with Gasteiger partial charge >= 0.3 is 12.0 Å². The fourth-order valence-electron chi connectivity index (χ4n) is 2.20. The Balaban J connectivity index is 1.85. The van der Waals surface area contributed by atoms with E-state index >= 15 is 0 Å². The van der Waals surface area contributed by atoms with E-state index in [-0.39, 0.29) is 10.9 Å². The fraction of sp³-hybridized carbons (Fsp3) is 0.200. The highest BCUT2D eigenvalue weighted by atomic mass is 35.5. The van der Waals surface area contributed by atoms with Crippen molar-refractivity contribution >= 4 is 28.9 Å². The van der Waals surface area contributed by atoms with Crippen LogP contribution in [0.2, 0.25) is 10.2 Å². The molecular weight excluding hydrogens is 368 g/mol. The molecule has 1 N–H and O–H groups in total. The molecule has 1 aliphatic rings. The van der Waals surface area contributed by atoms with E-state index in [1.165, 1.54) is 6.20 Å². The number of hydrogen-bond donors (Lipinski definition) is 1. The van der Waals surface area contributed by atoms with Gasteiger partial charge < -0.3 is 9.94 Å². The minimum absolute atomic E-state index is 0.00306. The van der Waals surface area contributed by atoms with Crippen molar-refractivity contribution < 1.29 is 23.1 Å². The second-order valence-corrected chi connectivity index (χ2v) is 5.95. The third-order valence-corrected chi connectivity index (χ3v) is 4.00. The average Bonchev–Trinajstić information content (AvgIpc) is 2.94. The van der Waals surface area contributed by atoms with Crippen molar-refractivity contribution in [2.24, 2.45) is 5.16 Å². The lowest BCUT2D eigenvalue weighted by Gasteiger charge is -2.22. The van der Waals surface area contributed by atoms with Gasteiger partial charge in [0.15, 0.2) is 0 Å². The number of alkyl halides is 3. The van der Waals surface area contributed by atoms with Crippen LogP contribution in [0, 0.1) is 0 Å². The molecule has 2 heterocycles. The lowest BCUT2D eigenvalue weighted by Crippen LogP contribution is -2.45. The first-order valence-corrected chi connectivity index (χ1v) is 7.41. The van der Waals surface area contributed by atoms with Gasteiger partial charge in [-0.05, 0) is 17.2 Å². The summed E-state index contributed by atoms with van der Waals surface area (Å²) in [6.07, 6.45) is -4.31. The SMILES string of the molecule is OC1(C(F)(F)F)CC(c2ccc(-c3cc(Cl)cnc3Cl)cc2)=NO1. The molecule has 0 saturated heterocycles. The van der Waals surface area contributed by atoms with Crippen LogP contribution in [0.5, 0.6) is 0 Å². The highest BCUT2D eigenvalue weighted by molar-refractivity contribution is 6.34. The van der Waals surface area contributed by atoms with Crippen molar-refractivity contribution in [2.75, 3.05) is 0 Å². The van der Waals surface area contributed by atoms with Crippen molar-refractivity contribution in [1.82, 2.24) is 4.98 Å². The molecule has 1 unspecified atom stereocenters.